The molecule has 0 heterocycles. The summed E-state index contributed by atoms with van der Waals surface area (Å²) in [5.74, 6) is -1.78. The summed E-state index contributed by atoms with van der Waals surface area (Å²) in [5.41, 5.74) is 0. The average Bonchev–Trinajstić information content (AvgIpc) is 2.77. The Labute approximate surface area is 241 Å². The van der Waals surface area contributed by atoms with Crippen LogP contribution in [-0.2, 0) is 19.6 Å². The summed E-state index contributed by atoms with van der Waals surface area (Å²) in [6.45, 7) is 4.49. The second kappa shape index (κ2) is 27.4. The maximum absolute atomic E-state index is 11.9. The average molecular weight is 529 g/mol. The molecule has 0 bridgehead atoms. The Morgan fingerprint density at radius 1 is 0.629 bits per heavy atom. The molecule has 0 fully saturated rings. The Morgan fingerprint density at radius 3 is 1.20 bits per heavy atom. The first kappa shape index (κ1) is 37.5. The molecule has 5 nitrogen and oxygen atoms in total. The summed E-state index contributed by atoms with van der Waals surface area (Å²) in [7, 11) is -4.33. The Hall–Kier alpha value is 0.380. The molecule has 1 atom stereocenters. The molecule has 1 N–H and O–H groups in total. The quantitative estimate of drug-likeness (QED) is 0.0653. The van der Waals surface area contributed by atoms with Crippen molar-refractivity contribution >= 4 is 16.1 Å². The fourth-order valence-electron chi connectivity index (χ4n) is 4.53. The Bertz CT molecular complexity index is 560. The second-order valence-corrected chi connectivity index (χ2v) is 11.6. The van der Waals surface area contributed by atoms with Gasteiger partial charge in [0.15, 0.2) is 5.75 Å². The van der Waals surface area contributed by atoms with Crippen LogP contribution in [0.3, 0.4) is 0 Å². The summed E-state index contributed by atoms with van der Waals surface area (Å²) in [6, 6.07) is 0. The van der Waals surface area contributed by atoms with Crippen LogP contribution in [0.1, 0.15) is 163 Å². The molecule has 0 aromatic rings. The molecule has 0 saturated heterocycles. The summed E-state index contributed by atoms with van der Waals surface area (Å²) < 4.78 is 36.3. The summed E-state index contributed by atoms with van der Waals surface area (Å²) >= 11 is 0. The first-order valence-electron chi connectivity index (χ1n) is 14.5. The zero-order valence-electron chi connectivity index (χ0n) is 24.5. The van der Waals surface area contributed by atoms with Gasteiger partial charge in [-0.25, -0.2) is 0 Å². The summed E-state index contributed by atoms with van der Waals surface area (Å²) in [5, 5.41) is 0. The van der Waals surface area contributed by atoms with Crippen molar-refractivity contribution in [1.29, 1.82) is 0 Å². The van der Waals surface area contributed by atoms with Crippen molar-refractivity contribution in [3.8, 4) is 0 Å². The third-order valence-electron chi connectivity index (χ3n) is 6.61. The van der Waals surface area contributed by atoms with Crippen LogP contribution in [0.4, 0.5) is 0 Å². The van der Waals surface area contributed by atoms with E-state index >= 15 is 0 Å². The third-order valence-corrected chi connectivity index (χ3v) is 7.21. The third kappa shape index (κ3) is 30.5. The van der Waals surface area contributed by atoms with Crippen LogP contribution in [0.5, 0.6) is 0 Å². The molecule has 0 aliphatic carbocycles. The topological polar surface area (TPSA) is 80.7 Å². The van der Waals surface area contributed by atoms with E-state index in [-0.39, 0.29) is 37.1 Å². The van der Waals surface area contributed by atoms with E-state index in [1.54, 1.807) is 0 Å². The monoisotopic (exact) mass is 528 g/mol. The number of carbonyl (C=O) groups excluding carboxylic acids is 1. The fraction of sp³-hybridized carbons (Fsp3) is 0.964. The van der Waals surface area contributed by atoms with Gasteiger partial charge in [-0.1, -0.05) is 136 Å². The van der Waals surface area contributed by atoms with Crippen molar-refractivity contribution in [3.05, 3.63) is 0 Å². The van der Waals surface area contributed by atoms with Gasteiger partial charge in [-0.2, -0.15) is 8.42 Å². The van der Waals surface area contributed by atoms with Gasteiger partial charge in [-0.3, -0.25) is 9.35 Å². The zero-order valence-corrected chi connectivity index (χ0v) is 26.4. The Kier molecular flexibility index (Phi) is 29.4. The predicted molar refractivity (Wildman–Crippen MR) is 145 cm³/mol. The first-order chi connectivity index (χ1) is 16.4. The fourth-order valence-corrected chi connectivity index (χ4v) is 4.89. The molecule has 0 amide bonds. The van der Waals surface area contributed by atoms with E-state index in [0.29, 0.717) is 0 Å². The number of rotatable bonds is 26. The van der Waals surface area contributed by atoms with Crippen LogP contribution in [0.15, 0.2) is 0 Å². The van der Waals surface area contributed by atoms with E-state index in [1.807, 2.05) is 0 Å². The molecule has 35 heavy (non-hydrogen) atoms. The molecule has 7 heteroatoms. The van der Waals surface area contributed by atoms with Crippen molar-refractivity contribution in [3.63, 3.8) is 0 Å². The SMILES string of the molecule is CCCCCCCCCCCCCC(CCCCCCCCCCCC)OC(=O)CS(=O)(=O)O.[H-].[Na+]. The minimum absolute atomic E-state index is 0. The van der Waals surface area contributed by atoms with Crippen molar-refractivity contribution in [2.75, 3.05) is 5.75 Å². The van der Waals surface area contributed by atoms with E-state index in [4.69, 9.17) is 9.29 Å². The van der Waals surface area contributed by atoms with Crippen LogP contribution in [0.2, 0.25) is 0 Å². The van der Waals surface area contributed by atoms with Gasteiger partial charge in [0.25, 0.3) is 10.1 Å². The van der Waals surface area contributed by atoms with Crippen LogP contribution in [0, 0.1) is 0 Å². The number of hydrogen-bond donors (Lipinski definition) is 1. The molecule has 0 aromatic carbocycles. The maximum Gasteiger partial charge on any atom is 1.00 e. The normalized spacial score (nSPS) is 12.3. The van der Waals surface area contributed by atoms with Crippen LogP contribution in [-0.4, -0.2) is 30.8 Å². The van der Waals surface area contributed by atoms with Gasteiger partial charge in [0.05, 0.1) is 0 Å². The first-order valence-corrected chi connectivity index (χ1v) is 16.1. The second-order valence-electron chi connectivity index (χ2n) is 10.1. The van der Waals surface area contributed by atoms with Gasteiger partial charge in [0, 0.05) is 0 Å². The van der Waals surface area contributed by atoms with E-state index in [2.05, 4.69) is 13.8 Å². The molecule has 0 aromatic heterocycles. The molecule has 0 radical (unpaired) electrons. The molecular formula is C28H57NaO5S. The largest absolute Gasteiger partial charge is 1.00 e. The van der Waals surface area contributed by atoms with Crippen molar-refractivity contribution in [1.82, 2.24) is 0 Å². The summed E-state index contributed by atoms with van der Waals surface area (Å²) in [6.07, 6.45) is 27.8. The Morgan fingerprint density at radius 2 is 0.914 bits per heavy atom. The number of ether oxygens (including phenoxy) is 1. The van der Waals surface area contributed by atoms with Crippen molar-refractivity contribution < 1.29 is 53.5 Å². The number of hydrogen-bond acceptors (Lipinski definition) is 4. The van der Waals surface area contributed by atoms with Gasteiger partial charge in [0.1, 0.15) is 6.10 Å². The number of unbranched alkanes of at least 4 members (excludes halogenated alkanes) is 19. The maximum atomic E-state index is 11.9. The van der Waals surface area contributed by atoms with E-state index < -0.39 is 21.8 Å². The van der Waals surface area contributed by atoms with Gasteiger partial charge >= 0.3 is 35.5 Å². The number of carbonyl (C=O) groups is 1. The smallest absolute Gasteiger partial charge is 1.00 e. The summed E-state index contributed by atoms with van der Waals surface area (Å²) in [4.78, 5) is 11.9. The van der Waals surface area contributed by atoms with Gasteiger partial charge in [0.2, 0.25) is 0 Å². The van der Waals surface area contributed by atoms with E-state index in [1.165, 1.54) is 109 Å². The molecule has 1 unspecified atom stereocenters. The molecule has 206 valence electrons. The predicted octanol–water partition coefficient (Wildman–Crippen LogP) is 5.91. The molecule has 0 saturated carbocycles. The van der Waals surface area contributed by atoms with Gasteiger partial charge in [-0.05, 0) is 25.7 Å². The van der Waals surface area contributed by atoms with Crippen molar-refractivity contribution in [2.24, 2.45) is 0 Å². The van der Waals surface area contributed by atoms with Crippen molar-refractivity contribution in [2.45, 2.75) is 168 Å². The van der Waals surface area contributed by atoms with Crippen LogP contribution >= 0.6 is 0 Å². The van der Waals surface area contributed by atoms with Crippen LogP contribution < -0.4 is 29.6 Å². The molecule has 0 aliphatic rings. The van der Waals surface area contributed by atoms with Gasteiger partial charge in [-0.15, -0.1) is 0 Å². The minimum Gasteiger partial charge on any atom is -1.00 e. The molecule has 0 spiro atoms. The van der Waals surface area contributed by atoms with E-state index in [0.717, 1.165) is 38.5 Å². The zero-order chi connectivity index (χ0) is 25.3. The molecule has 0 rings (SSSR count). The van der Waals surface area contributed by atoms with Crippen LogP contribution in [0.25, 0.3) is 0 Å². The standard InChI is InChI=1S/C28H56O5S.Na.H/c1-3-5-7-9-11-13-15-17-19-21-23-25-27(33-28(29)26-34(30,31)32)24-22-20-18-16-14-12-10-8-6-4-2;;/h27H,3-26H2,1-2H3,(H,30,31,32);;/q;+1;-1. The molecule has 0 aliphatic heterocycles. The number of esters is 1. The van der Waals surface area contributed by atoms with E-state index in [9.17, 15) is 13.2 Å². The Balaban J connectivity index is -0.00000544. The molecular weight excluding hydrogens is 471 g/mol. The minimum atomic E-state index is -4.33. The van der Waals surface area contributed by atoms with Gasteiger partial charge < -0.3 is 6.16 Å².